The Labute approximate surface area is 99.9 Å². The lowest BCUT2D eigenvalue weighted by atomic mass is 10.0. The average molecular weight is 251 g/mol. The molecule has 0 spiro atoms. The second kappa shape index (κ2) is 4.74. The van der Waals surface area contributed by atoms with Crippen LogP contribution in [0.1, 0.15) is 12.8 Å². The van der Waals surface area contributed by atoms with E-state index in [1.165, 1.54) is 22.6 Å². The van der Waals surface area contributed by atoms with Crippen LogP contribution in [0.15, 0.2) is 0 Å². The number of hydrogen-bond donors (Lipinski definition) is 1. The maximum Gasteiger partial charge on any atom is 0.417 e. The van der Waals surface area contributed by atoms with Crippen molar-refractivity contribution in [3.63, 3.8) is 0 Å². The van der Waals surface area contributed by atoms with Crippen LogP contribution in [0.25, 0.3) is 0 Å². The standard InChI is InChI=1S/C11H20F3N3/c1-16-6-8(5-15-9-3-4-9)7-17(2)10(16)11(12,13)14/h8-10,15H,3-7H2,1-2H3. The summed E-state index contributed by atoms with van der Waals surface area (Å²) in [7, 11) is 3.11. The molecule has 3 nitrogen and oxygen atoms in total. The van der Waals surface area contributed by atoms with Crippen LogP contribution in [0.5, 0.6) is 0 Å². The van der Waals surface area contributed by atoms with Gasteiger partial charge in [-0.15, -0.1) is 0 Å². The van der Waals surface area contributed by atoms with E-state index in [2.05, 4.69) is 5.32 Å². The predicted molar refractivity (Wildman–Crippen MR) is 59.6 cm³/mol. The molecule has 0 unspecified atom stereocenters. The van der Waals surface area contributed by atoms with Crippen LogP contribution in [0, 0.1) is 5.92 Å². The molecule has 0 aromatic heterocycles. The maximum atomic E-state index is 12.8. The van der Waals surface area contributed by atoms with E-state index in [1.807, 2.05) is 0 Å². The number of nitrogens with zero attached hydrogens (tertiary/aromatic N) is 2. The van der Waals surface area contributed by atoms with E-state index < -0.39 is 12.3 Å². The fraction of sp³-hybridized carbons (Fsp3) is 1.00. The lowest BCUT2D eigenvalue weighted by molar-refractivity contribution is -0.231. The zero-order chi connectivity index (χ0) is 12.6. The highest BCUT2D eigenvalue weighted by Gasteiger charge is 2.48. The molecule has 100 valence electrons. The van der Waals surface area contributed by atoms with Crippen molar-refractivity contribution in [3.8, 4) is 0 Å². The van der Waals surface area contributed by atoms with E-state index in [0.29, 0.717) is 19.1 Å². The Balaban J connectivity index is 1.87. The Hall–Kier alpha value is -0.330. The van der Waals surface area contributed by atoms with Crippen molar-refractivity contribution < 1.29 is 13.2 Å². The molecule has 0 bridgehead atoms. The molecule has 2 aliphatic rings. The van der Waals surface area contributed by atoms with Crippen molar-refractivity contribution in [2.75, 3.05) is 33.7 Å². The van der Waals surface area contributed by atoms with Gasteiger partial charge in [-0.25, -0.2) is 0 Å². The Bertz CT molecular complexity index is 253. The van der Waals surface area contributed by atoms with Gasteiger partial charge in [-0.3, -0.25) is 9.80 Å². The Kier molecular flexibility index (Phi) is 3.66. The van der Waals surface area contributed by atoms with E-state index in [4.69, 9.17) is 0 Å². The second-order valence-corrected chi connectivity index (χ2v) is 5.34. The molecule has 0 amide bonds. The first-order chi connectivity index (χ1) is 7.88. The van der Waals surface area contributed by atoms with Crippen LogP contribution in [0.4, 0.5) is 13.2 Å². The van der Waals surface area contributed by atoms with Gasteiger partial charge in [0.25, 0.3) is 0 Å². The molecular formula is C11H20F3N3. The van der Waals surface area contributed by atoms with Crippen LogP contribution in [0.3, 0.4) is 0 Å². The molecule has 1 aliphatic carbocycles. The monoisotopic (exact) mass is 251 g/mol. The SMILES string of the molecule is CN1CC(CNC2CC2)CN(C)C1C(F)(F)F. The van der Waals surface area contributed by atoms with Crippen molar-refractivity contribution >= 4 is 0 Å². The summed E-state index contributed by atoms with van der Waals surface area (Å²) in [6.45, 7) is 1.84. The zero-order valence-corrected chi connectivity index (χ0v) is 10.3. The second-order valence-electron chi connectivity index (χ2n) is 5.34. The molecule has 2 rings (SSSR count). The van der Waals surface area contributed by atoms with Gasteiger partial charge in [-0.1, -0.05) is 0 Å². The minimum atomic E-state index is -4.17. The third kappa shape index (κ3) is 3.33. The lowest BCUT2D eigenvalue weighted by Crippen LogP contribution is -2.61. The Morgan fingerprint density at radius 1 is 1.12 bits per heavy atom. The largest absolute Gasteiger partial charge is 0.417 e. The Morgan fingerprint density at radius 2 is 1.65 bits per heavy atom. The van der Waals surface area contributed by atoms with Gasteiger partial charge < -0.3 is 5.32 Å². The van der Waals surface area contributed by atoms with Crippen LogP contribution >= 0.6 is 0 Å². The van der Waals surface area contributed by atoms with E-state index in [9.17, 15) is 13.2 Å². The summed E-state index contributed by atoms with van der Waals surface area (Å²) < 4.78 is 38.4. The van der Waals surface area contributed by atoms with Gasteiger partial charge >= 0.3 is 6.18 Å². The van der Waals surface area contributed by atoms with Crippen LogP contribution in [-0.2, 0) is 0 Å². The number of halogens is 3. The molecule has 1 heterocycles. The molecule has 0 aromatic rings. The summed E-state index contributed by atoms with van der Waals surface area (Å²) in [5, 5.41) is 3.39. The highest BCUT2D eigenvalue weighted by atomic mass is 19.4. The first-order valence-electron chi connectivity index (χ1n) is 6.08. The summed E-state index contributed by atoms with van der Waals surface area (Å²) in [6, 6.07) is 0.617. The first kappa shape index (κ1) is 13.1. The fourth-order valence-electron chi connectivity index (χ4n) is 2.66. The van der Waals surface area contributed by atoms with Gasteiger partial charge in [0.1, 0.15) is 0 Å². The number of nitrogens with one attached hydrogen (secondary N) is 1. The highest BCUT2D eigenvalue weighted by molar-refractivity contribution is 4.88. The van der Waals surface area contributed by atoms with E-state index in [-0.39, 0.29) is 5.92 Å². The van der Waals surface area contributed by atoms with Crippen molar-refractivity contribution in [3.05, 3.63) is 0 Å². The van der Waals surface area contributed by atoms with Gasteiger partial charge in [0.15, 0.2) is 6.17 Å². The number of alkyl halides is 3. The van der Waals surface area contributed by atoms with E-state index in [1.54, 1.807) is 14.1 Å². The van der Waals surface area contributed by atoms with Gasteiger partial charge in [0.05, 0.1) is 0 Å². The molecule has 0 atom stereocenters. The van der Waals surface area contributed by atoms with Crippen LogP contribution in [-0.4, -0.2) is 61.9 Å². The van der Waals surface area contributed by atoms with Crippen molar-refractivity contribution in [1.82, 2.24) is 15.1 Å². The summed E-state index contributed by atoms with van der Waals surface area (Å²) in [5.41, 5.74) is 0. The smallest absolute Gasteiger partial charge is 0.314 e. The summed E-state index contributed by atoms with van der Waals surface area (Å²) in [4.78, 5) is 2.81. The molecule has 0 radical (unpaired) electrons. The zero-order valence-electron chi connectivity index (χ0n) is 10.3. The molecule has 1 saturated heterocycles. The van der Waals surface area contributed by atoms with Crippen molar-refractivity contribution in [1.29, 1.82) is 0 Å². The molecule has 17 heavy (non-hydrogen) atoms. The molecule has 6 heteroatoms. The minimum Gasteiger partial charge on any atom is -0.314 e. The number of hydrogen-bond acceptors (Lipinski definition) is 3. The lowest BCUT2D eigenvalue weighted by Gasteiger charge is -2.44. The molecule has 1 saturated carbocycles. The summed E-state index contributed by atoms with van der Waals surface area (Å²) >= 11 is 0. The molecule has 1 N–H and O–H groups in total. The normalized spacial score (nSPS) is 33.0. The fourth-order valence-corrected chi connectivity index (χ4v) is 2.66. The molecule has 0 aromatic carbocycles. The molecular weight excluding hydrogens is 231 g/mol. The first-order valence-corrected chi connectivity index (χ1v) is 6.08. The van der Waals surface area contributed by atoms with Crippen molar-refractivity contribution in [2.45, 2.75) is 31.2 Å². The molecule has 2 fully saturated rings. The van der Waals surface area contributed by atoms with Gasteiger partial charge in [-0.05, 0) is 32.9 Å². The summed E-state index contributed by atoms with van der Waals surface area (Å²) in [6.07, 6.45) is -3.18. The van der Waals surface area contributed by atoms with E-state index in [0.717, 1.165) is 6.54 Å². The van der Waals surface area contributed by atoms with Crippen LogP contribution < -0.4 is 5.32 Å². The van der Waals surface area contributed by atoms with Gasteiger partial charge in [0, 0.05) is 25.7 Å². The third-order valence-corrected chi connectivity index (χ3v) is 3.49. The quantitative estimate of drug-likeness (QED) is 0.811. The van der Waals surface area contributed by atoms with E-state index >= 15 is 0 Å². The minimum absolute atomic E-state index is 0.282. The average Bonchev–Trinajstić information content (AvgIpc) is 2.94. The highest BCUT2D eigenvalue weighted by Crippen LogP contribution is 2.30. The van der Waals surface area contributed by atoms with Crippen LogP contribution in [0.2, 0.25) is 0 Å². The summed E-state index contributed by atoms with van der Waals surface area (Å²) in [5.74, 6) is 0.282. The third-order valence-electron chi connectivity index (χ3n) is 3.49. The maximum absolute atomic E-state index is 12.8. The van der Waals surface area contributed by atoms with Gasteiger partial charge in [-0.2, -0.15) is 13.2 Å². The number of rotatable bonds is 3. The topological polar surface area (TPSA) is 18.5 Å². The van der Waals surface area contributed by atoms with Gasteiger partial charge in [0.2, 0.25) is 0 Å². The molecule has 1 aliphatic heterocycles. The predicted octanol–water partition coefficient (Wildman–Crippen LogP) is 1.12. The van der Waals surface area contributed by atoms with Crippen molar-refractivity contribution in [2.24, 2.45) is 5.92 Å². The Morgan fingerprint density at radius 3 is 2.06 bits per heavy atom.